The lowest BCUT2D eigenvalue weighted by Crippen LogP contribution is -2.18. The topological polar surface area (TPSA) is 50.9 Å². The van der Waals surface area contributed by atoms with Crippen LogP contribution in [0, 0.1) is 0 Å². The van der Waals surface area contributed by atoms with Gasteiger partial charge in [0.15, 0.2) is 0 Å². The molecule has 0 bridgehead atoms. The smallest absolute Gasteiger partial charge is 0.115 e. The van der Waals surface area contributed by atoms with Crippen molar-refractivity contribution in [2.24, 2.45) is 0 Å². The van der Waals surface area contributed by atoms with Gasteiger partial charge >= 0.3 is 0 Å². The van der Waals surface area contributed by atoms with Gasteiger partial charge in [-0.2, -0.15) is 0 Å². The Labute approximate surface area is 144 Å². The predicted molar refractivity (Wildman–Crippen MR) is 93.5 cm³/mol. The summed E-state index contributed by atoms with van der Waals surface area (Å²) in [5.74, 6) is 0.706. The van der Waals surface area contributed by atoms with Crippen LogP contribution in [0.15, 0.2) is 36.4 Å². The summed E-state index contributed by atoms with van der Waals surface area (Å²) >= 11 is 12.3. The first-order valence-corrected chi connectivity index (χ1v) is 8.23. The van der Waals surface area contributed by atoms with E-state index in [2.05, 4.69) is 24.2 Å². The van der Waals surface area contributed by atoms with Crippen molar-refractivity contribution < 1.29 is 5.11 Å². The molecule has 23 heavy (non-hydrogen) atoms. The Hall–Kier alpha value is -1.78. The van der Waals surface area contributed by atoms with Crippen LogP contribution in [0.25, 0.3) is 11.0 Å². The molecule has 0 spiro atoms. The number of alkyl halides is 1. The van der Waals surface area contributed by atoms with E-state index in [1.807, 2.05) is 24.3 Å². The molecule has 4 nitrogen and oxygen atoms in total. The third-order valence-corrected chi connectivity index (χ3v) is 4.63. The largest absolute Gasteiger partial charge is 0.508 e. The van der Waals surface area contributed by atoms with Gasteiger partial charge in [0, 0.05) is 11.3 Å². The summed E-state index contributed by atoms with van der Waals surface area (Å²) in [6.07, 6.45) is 0. The number of halogens is 2. The van der Waals surface area contributed by atoms with Crippen molar-refractivity contribution in [3.8, 4) is 5.75 Å². The maximum absolute atomic E-state index is 9.48. The van der Waals surface area contributed by atoms with Gasteiger partial charge in [-0.05, 0) is 35.4 Å². The monoisotopic (exact) mass is 349 g/mol. The van der Waals surface area contributed by atoms with E-state index < -0.39 is 0 Å². The molecule has 1 heterocycles. The molecule has 0 aliphatic carbocycles. The van der Waals surface area contributed by atoms with Crippen molar-refractivity contribution in [3.63, 3.8) is 0 Å². The lowest BCUT2D eigenvalue weighted by molar-refractivity contribution is 0.474. The van der Waals surface area contributed by atoms with Crippen LogP contribution in [-0.4, -0.2) is 26.0 Å². The first-order valence-electron chi connectivity index (χ1n) is 7.32. The number of hydrogen-bond acceptors (Lipinski definition) is 3. The maximum atomic E-state index is 9.48. The van der Waals surface area contributed by atoms with Crippen LogP contribution in [0.5, 0.6) is 5.75 Å². The Morgan fingerprint density at radius 3 is 2.48 bits per heavy atom. The van der Waals surface area contributed by atoms with Gasteiger partial charge in [0.25, 0.3) is 0 Å². The molecule has 1 N–H and O–H groups in total. The average molecular weight is 350 g/mol. The summed E-state index contributed by atoms with van der Waals surface area (Å²) in [4.78, 5) is 0. The molecule has 0 aliphatic heterocycles. The Bertz CT molecular complexity index is 841. The summed E-state index contributed by atoms with van der Waals surface area (Å²) in [6, 6.07) is 11.2. The number of phenolic OH excluding ortho intramolecular Hbond substituents is 1. The molecule has 1 aromatic heterocycles. The van der Waals surface area contributed by atoms with E-state index in [-0.39, 0.29) is 11.2 Å². The molecule has 0 aliphatic rings. The summed E-state index contributed by atoms with van der Waals surface area (Å²) in [5, 5.41) is 18.4. The fraction of sp³-hybridized carbons (Fsp3) is 0.294. The van der Waals surface area contributed by atoms with Gasteiger partial charge in [-0.1, -0.05) is 42.8 Å². The molecule has 3 rings (SSSR count). The van der Waals surface area contributed by atoms with Gasteiger partial charge in [-0.3, -0.25) is 0 Å². The molecule has 0 unspecified atom stereocenters. The summed E-state index contributed by atoms with van der Waals surface area (Å²) in [5.41, 5.74) is 3.40. The van der Waals surface area contributed by atoms with Gasteiger partial charge in [0.2, 0.25) is 0 Å². The van der Waals surface area contributed by atoms with E-state index in [0.29, 0.717) is 17.4 Å². The van der Waals surface area contributed by atoms with Gasteiger partial charge < -0.3 is 5.11 Å². The number of nitrogens with zero attached hydrogens (tertiary/aromatic N) is 3. The number of aromatic nitrogens is 3. The molecule has 0 amide bonds. The highest BCUT2D eigenvalue weighted by atomic mass is 35.5. The fourth-order valence-electron chi connectivity index (χ4n) is 2.71. The zero-order chi connectivity index (χ0) is 16.6. The van der Waals surface area contributed by atoms with Crippen molar-refractivity contribution >= 4 is 34.2 Å². The van der Waals surface area contributed by atoms with Crippen molar-refractivity contribution in [3.05, 3.63) is 52.5 Å². The van der Waals surface area contributed by atoms with Crippen LogP contribution in [0.2, 0.25) is 5.02 Å². The van der Waals surface area contributed by atoms with Gasteiger partial charge in [0.05, 0.1) is 11.6 Å². The van der Waals surface area contributed by atoms with E-state index in [1.165, 1.54) is 0 Å². The Morgan fingerprint density at radius 1 is 1.13 bits per heavy atom. The third-order valence-electron chi connectivity index (χ3n) is 4.17. The third kappa shape index (κ3) is 2.89. The highest BCUT2D eigenvalue weighted by molar-refractivity contribution is 6.35. The molecule has 0 atom stereocenters. The minimum Gasteiger partial charge on any atom is -0.508 e. The molecule has 0 radical (unpaired) electrons. The quantitative estimate of drug-likeness (QED) is 0.712. The normalized spacial score (nSPS) is 12.0. The standard InChI is InChI=1S/C17H17Cl2N3O/c1-17(2,11-3-5-13(23)6-4-11)12-9-14(19)16-15(10-12)20-21-22(16)8-7-18/h3-6,9-10,23H,7-8H2,1-2H3. The van der Waals surface area contributed by atoms with Crippen LogP contribution in [0.1, 0.15) is 25.0 Å². The maximum Gasteiger partial charge on any atom is 0.115 e. The molecule has 2 aromatic carbocycles. The van der Waals surface area contributed by atoms with E-state index in [4.69, 9.17) is 23.2 Å². The van der Waals surface area contributed by atoms with Gasteiger partial charge in [-0.25, -0.2) is 4.68 Å². The van der Waals surface area contributed by atoms with Crippen LogP contribution in [-0.2, 0) is 12.0 Å². The highest BCUT2D eigenvalue weighted by Crippen LogP contribution is 2.36. The predicted octanol–water partition coefficient (Wildman–Crippen LogP) is 4.36. The molecular weight excluding hydrogens is 333 g/mol. The molecular formula is C17H17Cl2N3O. The summed E-state index contributed by atoms with van der Waals surface area (Å²) < 4.78 is 1.72. The fourth-order valence-corrected chi connectivity index (χ4v) is 3.18. The van der Waals surface area contributed by atoms with Gasteiger partial charge in [0.1, 0.15) is 16.8 Å². The zero-order valence-electron chi connectivity index (χ0n) is 12.9. The van der Waals surface area contributed by atoms with E-state index in [9.17, 15) is 5.11 Å². The second kappa shape index (κ2) is 6.02. The first-order chi connectivity index (χ1) is 10.9. The van der Waals surface area contributed by atoms with Crippen molar-refractivity contribution in [2.45, 2.75) is 25.8 Å². The molecule has 0 fully saturated rings. The van der Waals surface area contributed by atoms with Gasteiger partial charge in [-0.15, -0.1) is 16.7 Å². The number of aromatic hydroxyl groups is 1. The van der Waals surface area contributed by atoms with E-state index in [0.717, 1.165) is 22.2 Å². The van der Waals surface area contributed by atoms with E-state index >= 15 is 0 Å². The SMILES string of the molecule is CC(C)(c1ccc(O)cc1)c1cc(Cl)c2c(c1)nnn2CCCl. The number of fused-ring (bicyclic) bond motifs is 1. The second-order valence-electron chi connectivity index (χ2n) is 6.00. The summed E-state index contributed by atoms with van der Waals surface area (Å²) in [6.45, 7) is 4.79. The number of rotatable bonds is 4. The van der Waals surface area contributed by atoms with E-state index in [1.54, 1.807) is 16.8 Å². The average Bonchev–Trinajstić information content (AvgIpc) is 2.92. The minimum absolute atomic E-state index is 0.252. The Morgan fingerprint density at radius 2 is 1.83 bits per heavy atom. The van der Waals surface area contributed by atoms with Crippen LogP contribution in [0.4, 0.5) is 0 Å². The highest BCUT2D eigenvalue weighted by Gasteiger charge is 2.25. The van der Waals surface area contributed by atoms with Crippen molar-refractivity contribution in [1.29, 1.82) is 0 Å². The number of aryl methyl sites for hydroxylation is 1. The number of phenols is 1. The zero-order valence-corrected chi connectivity index (χ0v) is 14.4. The lowest BCUT2D eigenvalue weighted by atomic mass is 9.78. The minimum atomic E-state index is -0.276. The van der Waals surface area contributed by atoms with Crippen LogP contribution >= 0.6 is 23.2 Å². The van der Waals surface area contributed by atoms with Crippen molar-refractivity contribution in [1.82, 2.24) is 15.0 Å². The van der Waals surface area contributed by atoms with Crippen molar-refractivity contribution in [2.75, 3.05) is 5.88 Å². The molecule has 6 heteroatoms. The molecule has 0 saturated carbocycles. The number of hydrogen-bond donors (Lipinski definition) is 1. The molecule has 120 valence electrons. The first kappa shape index (κ1) is 16.1. The lowest BCUT2D eigenvalue weighted by Gasteiger charge is -2.26. The Kier molecular flexibility index (Phi) is 4.21. The summed E-state index contributed by atoms with van der Waals surface area (Å²) in [7, 11) is 0. The number of benzene rings is 2. The second-order valence-corrected chi connectivity index (χ2v) is 6.78. The molecule has 0 saturated heterocycles. The Balaban J connectivity index is 2.10. The molecule has 3 aromatic rings. The van der Waals surface area contributed by atoms with Crippen LogP contribution < -0.4 is 0 Å². The van der Waals surface area contributed by atoms with Crippen LogP contribution in [0.3, 0.4) is 0 Å².